The van der Waals surface area contributed by atoms with E-state index in [-0.39, 0.29) is 0 Å². The van der Waals surface area contributed by atoms with Gasteiger partial charge in [-0.05, 0) is 38.8 Å². The molecule has 0 radical (unpaired) electrons. The molecule has 1 aromatic rings. The lowest BCUT2D eigenvalue weighted by Crippen LogP contribution is -2.43. The molecule has 2 aliphatic rings. The molecule has 2 aliphatic heterocycles. The predicted molar refractivity (Wildman–Crippen MR) is 97.5 cm³/mol. The Bertz CT molecular complexity index is 527. The topological polar surface area (TPSA) is 33.5 Å². The van der Waals surface area contributed by atoms with Crippen LogP contribution in [0.2, 0.25) is 5.15 Å². The number of likely N-dealkylation sites (tertiary alicyclic amines) is 1. The highest BCUT2D eigenvalue weighted by atomic mass is 35.5. The molecule has 2 saturated heterocycles. The molecule has 0 unspecified atom stereocenters. The molecule has 0 spiro atoms. The molecule has 0 bridgehead atoms. The third-order valence-corrected chi connectivity index (χ3v) is 5.95. The zero-order valence-electron chi connectivity index (χ0n) is 15.1. The summed E-state index contributed by atoms with van der Waals surface area (Å²) in [7, 11) is 1.94. The van der Waals surface area contributed by atoms with Crippen LogP contribution < -0.4 is 0 Å². The van der Waals surface area contributed by atoms with E-state index in [0.717, 1.165) is 50.1 Å². The van der Waals surface area contributed by atoms with Gasteiger partial charge in [0, 0.05) is 38.3 Å². The number of nitrogens with zero attached hydrogens (tertiary/aromatic N) is 4. The van der Waals surface area contributed by atoms with Crippen molar-refractivity contribution in [1.82, 2.24) is 19.6 Å². The molecule has 3 rings (SSSR count). The molecular formula is C18H31ClN4O. The quantitative estimate of drug-likeness (QED) is 0.786. The lowest BCUT2D eigenvalue weighted by atomic mass is 9.98. The van der Waals surface area contributed by atoms with Gasteiger partial charge in [-0.2, -0.15) is 5.10 Å². The summed E-state index contributed by atoms with van der Waals surface area (Å²) < 4.78 is 7.28. The second-order valence-corrected chi connectivity index (χ2v) is 7.41. The number of hydrogen-bond acceptors (Lipinski definition) is 4. The van der Waals surface area contributed by atoms with Crippen molar-refractivity contribution in [1.29, 1.82) is 0 Å². The van der Waals surface area contributed by atoms with Crippen LogP contribution in [0.15, 0.2) is 0 Å². The molecule has 0 aliphatic carbocycles. The minimum atomic E-state index is 0.669. The van der Waals surface area contributed by atoms with Crippen LogP contribution in [0.3, 0.4) is 0 Å². The average molecular weight is 355 g/mol. The number of aryl methyl sites for hydroxylation is 2. The number of piperidine rings is 1. The van der Waals surface area contributed by atoms with E-state index in [0.29, 0.717) is 6.04 Å². The molecule has 136 valence electrons. The summed E-state index contributed by atoms with van der Waals surface area (Å²) in [4.78, 5) is 5.19. The first-order valence-corrected chi connectivity index (χ1v) is 9.81. The highest BCUT2D eigenvalue weighted by molar-refractivity contribution is 6.30. The zero-order valence-corrected chi connectivity index (χ0v) is 15.9. The van der Waals surface area contributed by atoms with Gasteiger partial charge >= 0.3 is 0 Å². The van der Waals surface area contributed by atoms with Crippen LogP contribution >= 0.6 is 11.6 Å². The van der Waals surface area contributed by atoms with Crippen LogP contribution in [0.4, 0.5) is 0 Å². The number of aromatic nitrogens is 2. The Kier molecular flexibility index (Phi) is 6.56. The van der Waals surface area contributed by atoms with Crippen LogP contribution in [0, 0.1) is 0 Å². The Morgan fingerprint density at radius 2 is 2.00 bits per heavy atom. The minimum Gasteiger partial charge on any atom is -0.379 e. The summed E-state index contributed by atoms with van der Waals surface area (Å²) in [6.45, 7) is 9.42. The number of morpholine rings is 1. The Hall–Kier alpha value is -0.620. The molecule has 1 aromatic heterocycles. The summed E-state index contributed by atoms with van der Waals surface area (Å²) in [5.74, 6) is 0. The number of rotatable bonds is 6. The van der Waals surface area contributed by atoms with E-state index in [1.807, 2.05) is 11.7 Å². The molecule has 0 amide bonds. The van der Waals surface area contributed by atoms with Gasteiger partial charge in [0.15, 0.2) is 0 Å². The van der Waals surface area contributed by atoms with E-state index < -0.39 is 0 Å². The fourth-order valence-corrected chi connectivity index (χ4v) is 4.20. The SMILES string of the molecule is CCc1nn(C)c(Cl)c1CN1CCCC[C@@H]1CCN1CCOCC1. The molecule has 2 fully saturated rings. The van der Waals surface area contributed by atoms with E-state index in [1.165, 1.54) is 44.3 Å². The van der Waals surface area contributed by atoms with Gasteiger partial charge in [0.25, 0.3) is 0 Å². The van der Waals surface area contributed by atoms with Crippen molar-refractivity contribution >= 4 is 11.6 Å². The molecule has 3 heterocycles. The minimum absolute atomic E-state index is 0.669. The van der Waals surface area contributed by atoms with E-state index in [9.17, 15) is 0 Å². The highest BCUT2D eigenvalue weighted by Gasteiger charge is 2.26. The number of halogens is 1. The average Bonchev–Trinajstić information content (AvgIpc) is 2.89. The van der Waals surface area contributed by atoms with Crippen LogP contribution in [-0.2, 0) is 24.8 Å². The molecule has 5 nitrogen and oxygen atoms in total. The maximum atomic E-state index is 6.51. The zero-order chi connectivity index (χ0) is 16.9. The second-order valence-electron chi connectivity index (χ2n) is 7.06. The molecule has 0 aromatic carbocycles. The van der Waals surface area contributed by atoms with Crippen molar-refractivity contribution in [2.24, 2.45) is 7.05 Å². The Morgan fingerprint density at radius 3 is 2.75 bits per heavy atom. The molecule has 1 atom stereocenters. The first kappa shape index (κ1) is 18.2. The third-order valence-electron chi connectivity index (χ3n) is 5.48. The van der Waals surface area contributed by atoms with Crippen molar-refractivity contribution in [3.8, 4) is 0 Å². The van der Waals surface area contributed by atoms with Gasteiger partial charge in [0.1, 0.15) is 5.15 Å². The monoisotopic (exact) mass is 354 g/mol. The lowest BCUT2D eigenvalue weighted by molar-refractivity contribution is 0.0302. The van der Waals surface area contributed by atoms with Gasteiger partial charge in [0.2, 0.25) is 0 Å². The molecule has 24 heavy (non-hydrogen) atoms. The van der Waals surface area contributed by atoms with Crippen LogP contribution in [0.25, 0.3) is 0 Å². The van der Waals surface area contributed by atoms with Crippen molar-refractivity contribution in [3.05, 3.63) is 16.4 Å². The van der Waals surface area contributed by atoms with Gasteiger partial charge in [-0.25, -0.2) is 0 Å². The van der Waals surface area contributed by atoms with Crippen molar-refractivity contribution in [3.63, 3.8) is 0 Å². The van der Waals surface area contributed by atoms with Gasteiger partial charge in [-0.3, -0.25) is 14.5 Å². The van der Waals surface area contributed by atoms with Crippen LogP contribution in [-0.4, -0.2) is 65.0 Å². The van der Waals surface area contributed by atoms with Crippen LogP contribution in [0.5, 0.6) is 0 Å². The standard InChI is InChI=1S/C18H31ClN4O/c1-3-17-16(18(19)21(2)20-17)14-23-8-5-4-6-15(23)7-9-22-10-12-24-13-11-22/h15H,3-14H2,1-2H3/t15-/m1/s1. The first-order chi connectivity index (χ1) is 11.7. The maximum absolute atomic E-state index is 6.51. The van der Waals surface area contributed by atoms with E-state index in [1.54, 1.807) is 0 Å². The molecule has 0 saturated carbocycles. The maximum Gasteiger partial charge on any atom is 0.131 e. The normalized spacial score (nSPS) is 23.7. The van der Waals surface area contributed by atoms with E-state index in [2.05, 4.69) is 21.8 Å². The Morgan fingerprint density at radius 1 is 1.21 bits per heavy atom. The summed E-state index contributed by atoms with van der Waals surface area (Å²) >= 11 is 6.51. The van der Waals surface area contributed by atoms with Crippen molar-refractivity contribution < 1.29 is 4.74 Å². The lowest BCUT2D eigenvalue weighted by Gasteiger charge is -2.37. The summed E-state index contributed by atoms with van der Waals surface area (Å²) in [6.07, 6.45) is 6.16. The van der Waals surface area contributed by atoms with E-state index in [4.69, 9.17) is 16.3 Å². The fourth-order valence-electron chi connectivity index (χ4n) is 3.99. The summed E-state index contributed by atoms with van der Waals surface area (Å²) in [5.41, 5.74) is 2.39. The van der Waals surface area contributed by atoms with Gasteiger partial charge in [-0.15, -0.1) is 0 Å². The third kappa shape index (κ3) is 4.31. The predicted octanol–water partition coefficient (Wildman–Crippen LogP) is 2.71. The summed E-state index contributed by atoms with van der Waals surface area (Å²) in [5, 5.41) is 5.38. The van der Waals surface area contributed by atoms with Gasteiger partial charge < -0.3 is 4.74 Å². The molecule has 6 heteroatoms. The number of ether oxygens (including phenoxy) is 1. The van der Waals surface area contributed by atoms with Crippen molar-refractivity contribution in [2.45, 2.75) is 51.6 Å². The smallest absolute Gasteiger partial charge is 0.131 e. The highest BCUT2D eigenvalue weighted by Crippen LogP contribution is 2.27. The second kappa shape index (κ2) is 8.65. The summed E-state index contributed by atoms with van der Waals surface area (Å²) in [6, 6.07) is 0.669. The van der Waals surface area contributed by atoms with Crippen molar-refractivity contribution in [2.75, 3.05) is 39.4 Å². The fraction of sp³-hybridized carbons (Fsp3) is 0.833. The Labute approximate surface area is 150 Å². The van der Waals surface area contributed by atoms with E-state index >= 15 is 0 Å². The molecule has 0 N–H and O–H groups in total. The number of hydrogen-bond donors (Lipinski definition) is 0. The van der Waals surface area contributed by atoms with Gasteiger partial charge in [0.05, 0.1) is 18.9 Å². The first-order valence-electron chi connectivity index (χ1n) is 9.43. The largest absolute Gasteiger partial charge is 0.379 e. The Balaban J connectivity index is 1.62. The van der Waals surface area contributed by atoms with Crippen LogP contribution in [0.1, 0.15) is 43.9 Å². The van der Waals surface area contributed by atoms with Gasteiger partial charge in [-0.1, -0.05) is 24.9 Å². The molecular weight excluding hydrogens is 324 g/mol.